The van der Waals surface area contributed by atoms with Gasteiger partial charge in [-0.1, -0.05) is 26.8 Å². The lowest BCUT2D eigenvalue weighted by atomic mass is 9.57. The van der Waals surface area contributed by atoms with Gasteiger partial charge in [-0.05, 0) is 61.9 Å². The Balaban J connectivity index is 1.77. The van der Waals surface area contributed by atoms with Crippen LogP contribution in [-0.2, 0) is 36.8 Å². The highest BCUT2D eigenvalue weighted by Crippen LogP contribution is 2.53. The van der Waals surface area contributed by atoms with Gasteiger partial charge < -0.3 is 30.9 Å². The number of nitrogens with two attached hydrogens (primary N) is 1. The number of primary amides is 1. The highest BCUT2D eigenvalue weighted by Gasteiger charge is 2.64. The number of amides is 1. The third kappa shape index (κ3) is 4.66. The number of carbonyl (C=O) groups is 4. The molecule has 40 heavy (non-hydrogen) atoms. The predicted molar refractivity (Wildman–Crippen MR) is 143 cm³/mol. The fraction of sp³-hybridized carbons (Fsp3) is 0.517. The number of aryl methyl sites for hydroxylation is 1. The molecule has 3 aliphatic rings. The summed E-state index contributed by atoms with van der Waals surface area (Å²) in [5, 5.41) is 44.5. The van der Waals surface area contributed by atoms with Crippen molar-refractivity contribution >= 4 is 29.2 Å². The maximum absolute atomic E-state index is 13.9. The predicted octanol–water partition coefficient (Wildman–Crippen LogP) is 1.49. The topological polar surface area (TPSA) is 188 Å². The van der Waals surface area contributed by atoms with Crippen LogP contribution in [0.3, 0.4) is 0 Å². The molecule has 6 N–H and O–H groups in total. The van der Waals surface area contributed by atoms with Gasteiger partial charge in [-0.25, -0.2) is 0 Å². The molecule has 0 aliphatic heterocycles. The van der Waals surface area contributed by atoms with Gasteiger partial charge in [0, 0.05) is 17.9 Å². The first-order valence-corrected chi connectivity index (χ1v) is 13.1. The number of aliphatic hydroxyl groups excluding tert-OH is 2. The van der Waals surface area contributed by atoms with Crippen molar-refractivity contribution < 1.29 is 44.3 Å². The molecular formula is C29H36N2O9. The van der Waals surface area contributed by atoms with E-state index in [-0.39, 0.29) is 54.6 Å². The van der Waals surface area contributed by atoms with E-state index >= 15 is 0 Å². The van der Waals surface area contributed by atoms with Crippen LogP contribution in [0.2, 0.25) is 0 Å². The summed E-state index contributed by atoms with van der Waals surface area (Å²) in [6.07, 6.45) is 0.471. The zero-order valence-corrected chi connectivity index (χ0v) is 23.3. The third-order valence-corrected chi connectivity index (χ3v) is 7.97. The van der Waals surface area contributed by atoms with Crippen LogP contribution in [0.1, 0.15) is 50.3 Å². The normalized spacial score (nSPS) is 26.4. The second kappa shape index (κ2) is 10.0. The Kier molecular flexibility index (Phi) is 7.35. The molecule has 0 aromatic heterocycles. The molecule has 11 nitrogen and oxygen atoms in total. The van der Waals surface area contributed by atoms with E-state index in [1.54, 1.807) is 20.2 Å². The summed E-state index contributed by atoms with van der Waals surface area (Å²) in [5.74, 6) is -7.39. The van der Waals surface area contributed by atoms with E-state index < -0.39 is 64.0 Å². The van der Waals surface area contributed by atoms with Gasteiger partial charge in [-0.3, -0.25) is 24.1 Å². The SMILES string of the molecule is CN(C)[C@H]1C(=O)C(C(N)=O)=C(O)[C@@]2(O)C(=O)C3=C(O)c4c(O)ccc(CCC(=O)OCC(C)(C)C)c4C[C@H]3C[C@@H]12. The molecule has 0 saturated heterocycles. The molecule has 0 spiro atoms. The van der Waals surface area contributed by atoms with Crippen molar-refractivity contribution in [1.82, 2.24) is 4.90 Å². The minimum atomic E-state index is -2.69. The van der Waals surface area contributed by atoms with E-state index in [4.69, 9.17) is 10.5 Å². The number of hydrogen-bond acceptors (Lipinski definition) is 10. The minimum absolute atomic E-state index is 0.00292. The van der Waals surface area contributed by atoms with Crippen LogP contribution in [-0.4, -0.2) is 81.1 Å². The Bertz CT molecular complexity index is 1370. The van der Waals surface area contributed by atoms with Gasteiger partial charge in [0.2, 0.25) is 5.78 Å². The standard InChI is InChI=1S/C29H36N2O9/c1-28(2,3)12-40-18(33)9-7-13-6-8-17(32)20-15(13)10-14-11-16-22(31(4)5)24(35)21(27(30)38)26(37)29(16,39)25(36)19(14)23(20)34/h6,8,14,16,22,32,34,37,39H,7,9-12H2,1-5H3,(H2,30,38)/t14-,16-,22+,29-/m0/s1. The summed E-state index contributed by atoms with van der Waals surface area (Å²) in [7, 11) is 3.09. The zero-order valence-electron chi connectivity index (χ0n) is 23.3. The van der Waals surface area contributed by atoms with Crippen molar-refractivity contribution in [3.63, 3.8) is 0 Å². The molecule has 4 rings (SSSR count). The number of carbonyl (C=O) groups excluding carboxylic acids is 4. The third-order valence-electron chi connectivity index (χ3n) is 7.97. The highest BCUT2D eigenvalue weighted by atomic mass is 16.5. The number of aromatic hydroxyl groups is 1. The Morgan fingerprint density at radius 3 is 2.38 bits per heavy atom. The maximum Gasteiger partial charge on any atom is 0.306 e. The summed E-state index contributed by atoms with van der Waals surface area (Å²) in [5.41, 5.74) is 2.59. The number of ketones is 2. The highest BCUT2D eigenvalue weighted by molar-refractivity contribution is 6.24. The Hall–Kier alpha value is -3.70. The Labute approximate surface area is 231 Å². The van der Waals surface area contributed by atoms with Crippen LogP contribution < -0.4 is 5.73 Å². The van der Waals surface area contributed by atoms with E-state index in [0.29, 0.717) is 11.1 Å². The fourth-order valence-electron chi connectivity index (χ4n) is 6.15. The monoisotopic (exact) mass is 556 g/mol. The molecular weight excluding hydrogens is 520 g/mol. The fourth-order valence-corrected chi connectivity index (χ4v) is 6.15. The molecule has 11 heteroatoms. The van der Waals surface area contributed by atoms with E-state index in [0.717, 1.165) is 0 Å². The molecule has 0 radical (unpaired) electrons. The molecule has 4 atom stereocenters. The number of esters is 1. The number of nitrogens with zero attached hydrogens (tertiary/aromatic N) is 1. The summed E-state index contributed by atoms with van der Waals surface area (Å²) in [6.45, 7) is 6.09. The first kappa shape index (κ1) is 29.3. The van der Waals surface area contributed by atoms with Crippen molar-refractivity contribution in [3.8, 4) is 5.75 Å². The first-order valence-electron chi connectivity index (χ1n) is 13.1. The number of benzene rings is 1. The molecule has 0 unspecified atom stereocenters. The van der Waals surface area contributed by atoms with Gasteiger partial charge in [0.1, 0.15) is 22.8 Å². The number of aliphatic hydroxyl groups is 3. The number of rotatable bonds is 6. The average Bonchev–Trinajstić information content (AvgIpc) is 2.83. The lowest BCUT2D eigenvalue weighted by Gasteiger charge is -2.50. The largest absolute Gasteiger partial charge is 0.508 e. The second-order valence-electron chi connectivity index (χ2n) is 12.3. The number of likely N-dealkylation sites (N-methyl/N-ethyl adjacent to an activating group) is 1. The van der Waals surface area contributed by atoms with E-state index in [2.05, 4.69) is 0 Å². The van der Waals surface area contributed by atoms with Crippen LogP contribution in [0.5, 0.6) is 5.75 Å². The molecule has 1 aromatic rings. The van der Waals surface area contributed by atoms with Crippen molar-refractivity contribution in [2.45, 2.75) is 58.1 Å². The number of Topliss-reactive ketones (excluding diaryl/α,β-unsaturated/α-hetero) is 2. The molecule has 216 valence electrons. The lowest BCUT2D eigenvalue weighted by Crippen LogP contribution is -2.65. The molecule has 1 aromatic carbocycles. The number of phenolic OH excluding ortho intramolecular Hbond substituents is 1. The van der Waals surface area contributed by atoms with E-state index in [1.165, 1.54) is 11.0 Å². The summed E-state index contributed by atoms with van der Waals surface area (Å²) >= 11 is 0. The van der Waals surface area contributed by atoms with Crippen LogP contribution >= 0.6 is 0 Å². The maximum atomic E-state index is 13.9. The molecule has 0 heterocycles. The van der Waals surface area contributed by atoms with Crippen molar-refractivity contribution in [2.24, 2.45) is 23.0 Å². The molecule has 1 saturated carbocycles. The zero-order chi connectivity index (χ0) is 29.9. The summed E-state index contributed by atoms with van der Waals surface area (Å²) in [4.78, 5) is 52.9. The average molecular weight is 557 g/mol. The summed E-state index contributed by atoms with van der Waals surface area (Å²) < 4.78 is 5.35. The van der Waals surface area contributed by atoms with Crippen molar-refractivity contribution in [2.75, 3.05) is 20.7 Å². The molecule has 3 aliphatic carbocycles. The number of fused-ring (bicyclic) bond motifs is 3. The van der Waals surface area contributed by atoms with Gasteiger partial charge >= 0.3 is 5.97 Å². The van der Waals surface area contributed by atoms with Crippen LogP contribution in [0.4, 0.5) is 0 Å². The number of ether oxygens (including phenoxy) is 1. The van der Waals surface area contributed by atoms with Crippen molar-refractivity contribution in [1.29, 1.82) is 0 Å². The minimum Gasteiger partial charge on any atom is -0.508 e. The Morgan fingerprint density at radius 1 is 1.15 bits per heavy atom. The van der Waals surface area contributed by atoms with Gasteiger partial charge in [0.05, 0.1) is 18.2 Å². The van der Waals surface area contributed by atoms with Crippen LogP contribution in [0.25, 0.3) is 5.76 Å². The second-order valence-corrected chi connectivity index (χ2v) is 12.3. The quantitative estimate of drug-likeness (QED) is 0.254. The van der Waals surface area contributed by atoms with Gasteiger partial charge in [-0.2, -0.15) is 0 Å². The number of hydrogen-bond donors (Lipinski definition) is 5. The van der Waals surface area contributed by atoms with Crippen LogP contribution in [0.15, 0.2) is 29.0 Å². The molecule has 0 bridgehead atoms. The first-order chi connectivity index (χ1) is 18.5. The molecule has 1 amide bonds. The van der Waals surface area contributed by atoms with Gasteiger partial charge in [0.15, 0.2) is 11.4 Å². The number of phenols is 1. The lowest BCUT2D eigenvalue weighted by molar-refractivity contribution is -0.153. The summed E-state index contributed by atoms with van der Waals surface area (Å²) in [6, 6.07) is 1.84. The van der Waals surface area contributed by atoms with Crippen molar-refractivity contribution in [3.05, 3.63) is 45.7 Å². The van der Waals surface area contributed by atoms with Crippen LogP contribution in [0, 0.1) is 17.3 Å². The smallest absolute Gasteiger partial charge is 0.306 e. The van der Waals surface area contributed by atoms with E-state index in [1.807, 2.05) is 20.8 Å². The van der Waals surface area contributed by atoms with E-state index in [9.17, 15) is 39.6 Å². The van der Waals surface area contributed by atoms with Gasteiger partial charge in [0.25, 0.3) is 5.91 Å². The Morgan fingerprint density at radius 2 is 1.80 bits per heavy atom. The molecule has 1 fully saturated rings. The van der Waals surface area contributed by atoms with Gasteiger partial charge in [-0.15, -0.1) is 0 Å².